The smallest absolute Gasteiger partial charge is 0.264 e. The summed E-state index contributed by atoms with van der Waals surface area (Å²) >= 11 is 0. The van der Waals surface area contributed by atoms with Crippen LogP contribution in [-0.4, -0.2) is 24.3 Å². The second-order valence-corrected chi connectivity index (χ2v) is 9.43. The first kappa shape index (κ1) is 23.1. The minimum Gasteiger partial charge on any atom is -0.323 e. The minimum atomic E-state index is -3.85. The highest BCUT2D eigenvalue weighted by Crippen LogP contribution is 2.18. The van der Waals surface area contributed by atoms with Crippen LogP contribution >= 0.6 is 0 Å². The Morgan fingerprint density at radius 3 is 2.09 bits per heavy atom. The summed E-state index contributed by atoms with van der Waals surface area (Å²) in [6.45, 7) is 7.78. The molecule has 1 aromatic heterocycles. The van der Waals surface area contributed by atoms with Gasteiger partial charge in [0.1, 0.15) is 0 Å². The molecule has 7 nitrogen and oxygen atoms in total. The molecule has 0 atom stereocenters. The number of rotatable bonds is 7. The van der Waals surface area contributed by atoms with E-state index in [1.54, 1.807) is 26.0 Å². The zero-order chi connectivity index (χ0) is 23.3. The van der Waals surface area contributed by atoms with Gasteiger partial charge in [0, 0.05) is 23.2 Å². The van der Waals surface area contributed by atoms with E-state index < -0.39 is 10.0 Å². The van der Waals surface area contributed by atoms with Crippen molar-refractivity contribution in [2.75, 3.05) is 10.0 Å². The van der Waals surface area contributed by atoms with Gasteiger partial charge in [-0.15, -0.1) is 0 Å². The van der Waals surface area contributed by atoms with E-state index in [1.807, 2.05) is 24.3 Å². The maximum atomic E-state index is 12.6. The van der Waals surface area contributed by atoms with Crippen LogP contribution in [0.3, 0.4) is 0 Å². The maximum Gasteiger partial charge on any atom is 0.264 e. The molecule has 0 spiro atoms. The molecule has 1 amide bonds. The molecule has 0 aliphatic heterocycles. The van der Waals surface area contributed by atoms with Crippen molar-refractivity contribution in [2.24, 2.45) is 0 Å². The van der Waals surface area contributed by atoms with Crippen molar-refractivity contribution >= 4 is 33.6 Å². The first-order chi connectivity index (χ1) is 15.1. The van der Waals surface area contributed by atoms with E-state index in [0.29, 0.717) is 23.0 Å². The van der Waals surface area contributed by atoms with Gasteiger partial charge in [0.15, 0.2) is 0 Å². The predicted molar refractivity (Wildman–Crippen MR) is 127 cm³/mol. The Morgan fingerprint density at radius 2 is 1.53 bits per heavy atom. The van der Waals surface area contributed by atoms with E-state index in [1.165, 1.54) is 35.9 Å². The number of benzene rings is 2. The number of sulfonamides is 1. The molecule has 2 aromatic carbocycles. The highest BCUT2D eigenvalue weighted by Gasteiger charge is 2.16. The quantitative estimate of drug-likeness (QED) is 0.510. The third kappa shape index (κ3) is 6.24. The Labute approximate surface area is 188 Å². The zero-order valence-corrected chi connectivity index (χ0v) is 19.3. The van der Waals surface area contributed by atoms with E-state index >= 15 is 0 Å². The lowest BCUT2D eigenvalue weighted by atomic mass is 10.0. The van der Waals surface area contributed by atoms with Crippen molar-refractivity contribution in [2.45, 2.75) is 38.5 Å². The lowest BCUT2D eigenvalue weighted by Crippen LogP contribution is -2.16. The molecule has 166 valence electrons. The Bertz CT molecular complexity index is 1210. The van der Waals surface area contributed by atoms with Gasteiger partial charge in [-0.2, -0.15) is 0 Å². The summed E-state index contributed by atoms with van der Waals surface area (Å²) in [5, 5.41) is 2.72. The predicted octanol–water partition coefficient (Wildman–Crippen LogP) is 4.67. The number of aryl methyl sites for hydroxylation is 2. The molecular formula is C24H26N4O3S. The first-order valence-corrected chi connectivity index (χ1v) is 11.6. The van der Waals surface area contributed by atoms with Crippen molar-refractivity contribution in [3.05, 3.63) is 83.2 Å². The van der Waals surface area contributed by atoms with Crippen LogP contribution in [0, 0.1) is 13.8 Å². The maximum absolute atomic E-state index is 12.6. The zero-order valence-electron chi connectivity index (χ0n) is 18.5. The summed E-state index contributed by atoms with van der Waals surface area (Å²) < 4.78 is 27.6. The third-order valence-electron chi connectivity index (χ3n) is 4.67. The molecule has 0 radical (unpaired) electrons. The van der Waals surface area contributed by atoms with Gasteiger partial charge in [0.05, 0.1) is 4.90 Å². The highest BCUT2D eigenvalue weighted by molar-refractivity contribution is 7.92. The largest absolute Gasteiger partial charge is 0.323 e. The Kier molecular flexibility index (Phi) is 7.05. The van der Waals surface area contributed by atoms with Crippen LogP contribution in [0.5, 0.6) is 0 Å². The Hall–Kier alpha value is -3.52. The molecule has 3 aromatic rings. The fourth-order valence-electron chi connectivity index (χ4n) is 3.02. The highest BCUT2D eigenvalue weighted by atomic mass is 32.2. The fraction of sp³-hybridized carbons (Fsp3) is 0.208. The molecule has 3 rings (SSSR count). The van der Waals surface area contributed by atoms with Crippen molar-refractivity contribution in [1.29, 1.82) is 0 Å². The first-order valence-electron chi connectivity index (χ1n) is 10.2. The molecule has 0 saturated carbocycles. The fourth-order valence-corrected chi connectivity index (χ4v) is 3.96. The average molecular weight is 451 g/mol. The number of carbonyl (C=O) groups excluding carboxylic acids is 1. The number of amides is 1. The Balaban J connectivity index is 1.63. The lowest BCUT2D eigenvalue weighted by Gasteiger charge is -2.09. The van der Waals surface area contributed by atoms with Crippen molar-refractivity contribution in [3.63, 3.8) is 0 Å². The van der Waals surface area contributed by atoms with Crippen molar-refractivity contribution in [3.8, 4) is 0 Å². The summed E-state index contributed by atoms with van der Waals surface area (Å²) in [7, 11) is -3.85. The van der Waals surface area contributed by atoms with Crippen molar-refractivity contribution < 1.29 is 13.2 Å². The molecule has 0 bridgehead atoms. The van der Waals surface area contributed by atoms with Gasteiger partial charge in [-0.3, -0.25) is 4.79 Å². The van der Waals surface area contributed by atoms with Crippen LogP contribution in [-0.2, 0) is 14.8 Å². The number of aromatic nitrogens is 2. The molecule has 8 heteroatoms. The van der Waals surface area contributed by atoms with Gasteiger partial charge in [-0.05, 0) is 67.3 Å². The monoisotopic (exact) mass is 450 g/mol. The number of hydrogen-bond donors (Lipinski definition) is 2. The molecule has 0 fully saturated rings. The van der Waals surface area contributed by atoms with E-state index in [4.69, 9.17) is 0 Å². The molecule has 1 heterocycles. The van der Waals surface area contributed by atoms with Gasteiger partial charge >= 0.3 is 0 Å². The second kappa shape index (κ2) is 9.74. The van der Waals surface area contributed by atoms with Crippen LogP contribution in [0.1, 0.15) is 42.3 Å². The summed E-state index contributed by atoms with van der Waals surface area (Å²) in [5.41, 5.74) is 3.97. The third-order valence-corrected chi connectivity index (χ3v) is 6.01. The van der Waals surface area contributed by atoms with Crippen molar-refractivity contribution in [1.82, 2.24) is 9.97 Å². The molecule has 2 N–H and O–H groups in total. The normalized spacial score (nSPS) is 11.7. The number of carbonyl (C=O) groups is 1. The van der Waals surface area contributed by atoms with Gasteiger partial charge in [-0.1, -0.05) is 38.1 Å². The van der Waals surface area contributed by atoms with Gasteiger partial charge < -0.3 is 5.32 Å². The molecule has 32 heavy (non-hydrogen) atoms. The van der Waals surface area contributed by atoms with Crippen LogP contribution in [0.15, 0.2) is 65.6 Å². The molecule has 0 aliphatic rings. The summed E-state index contributed by atoms with van der Waals surface area (Å²) in [6.07, 6.45) is 3.17. The number of nitrogens with one attached hydrogen (secondary N) is 2. The SMILES string of the molecule is Cc1cc(C)nc(NS(=O)(=O)c2ccc(NC(=O)C=Cc3ccc(C(C)C)cc3)cc2)n1. The van der Waals surface area contributed by atoms with Gasteiger partial charge in [0.2, 0.25) is 11.9 Å². The number of hydrogen-bond acceptors (Lipinski definition) is 5. The van der Waals surface area contributed by atoms with Crippen LogP contribution in [0.25, 0.3) is 6.08 Å². The Morgan fingerprint density at radius 1 is 0.938 bits per heavy atom. The lowest BCUT2D eigenvalue weighted by molar-refractivity contribution is -0.111. The van der Waals surface area contributed by atoms with E-state index in [2.05, 4.69) is 33.9 Å². The van der Waals surface area contributed by atoms with Gasteiger partial charge in [0.25, 0.3) is 10.0 Å². The molecular weight excluding hydrogens is 424 g/mol. The number of anilines is 2. The van der Waals surface area contributed by atoms with Gasteiger partial charge in [-0.25, -0.2) is 23.1 Å². The van der Waals surface area contributed by atoms with Crippen LogP contribution < -0.4 is 10.0 Å². The molecule has 0 unspecified atom stereocenters. The van der Waals surface area contributed by atoms with Crippen LogP contribution in [0.2, 0.25) is 0 Å². The van der Waals surface area contributed by atoms with E-state index in [9.17, 15) is 13.2 Å². The minimum absolute atomic E-state index is 0.0199. The van der Waals surface area contributed by atoms with E-state index in [0.717, 1.165) is 5.56 Å². The standard InChI is InChI=1S/C24H26N4O3S/c1-16(2)20-8-5-19(6-9-20)7-14-23(29)27-21-10-12-22(13-11-21)32(30,31)28-24-25-17(3)15-18(4)26-24/h5-16H,1-4H3,(H,27,29)(H,25,26,28). The second-order valence-electron chi connectivity index (χ2n) is 7.75. The summed E-state index contributed by atoms with van der Waals surface area (Å²) in [4.78, 5) is 20.4. The number of nitrogens with zero attached hydrogens (tertiary/aromatic N) is 2. The summed E-state index contributed by atoms with van der Waals surface area (Å²) in [6, 6.07) is 15.6. The molecule has 0 saturated heterocycles. The topological polar surface area (TPSA) is 101 Å². The summed E-state index contributed by atoms with van der Waals surface area (Å²) in [5.74, 6) is 0.161. The van der Waals surface area contributed by atoms with Crippen LogP contribution in [0.4, 0.5) is 11.6 Å². The molecule has 0 aliphatic carbocycles. The average Bonchev–Trinajstić information content (AvgIpc) is 2.72. The van der Waals surface area contributed by atoms with E-state index in [-0.39, 0.29) is 16.8 Å².